The van der Waals surface area contributed by atoms with Crippen molar-refractivity contribution in [3.8, 4) is 0 Å². The molecule has 11 N–H and O–H groups in total. The quantitative estimate of drug-likeness (QED) is 0.120. The van der Waals surface area contributed by atoms with E-state index in [1.54, 1.807) is 0 Å². The fraction of sp³-hybridized carbons (Fsp3) is 0.909. The lowest BCUT2D eigenvalue weighted by Crippen LogP contribution is -2.68. The Kier molecular flexibility index (Phi) is 11.5. The van der Waals surface area contributed by atoms with E-state index in [9.17, 15) is 55.5 Å². The standard InChI is InChI=1S/C22H38N2O16/c1-6(27)23-11-16(32)19(40-22-18(34)17(33)14(30)9(4-26)39-22)10(37-20(11)35)5-36-21-12(24-7(2)28)15(31)13(29)8(3-25)38-21/h8-22,25-26,29-35H,3-5H2,1-2H3,(H,23,27)(H,24,28)/t8-,9-,10-,11-,12-,13-,14+,15-,16-,17+,18-,19+,20-,21-,22+/m1/s1. The normalized spacial score (nSPS) is 46.0. The Bertz CT molecular complexity index is 852. The van der Waals surface area contributed by atoms with Gasteiger partial charge in [-0.1, -0.05) is 0 Å². The van der Waals surface area contributed by atoms with E-state index < -0.39 is 124 Å². The molecule has 0 unspecified atom stereocenters. The van der Waals surface area contributed by atoms with Gasteiger partial charge in [0.25, 0.3) is 0 Å². The summed E-state index contributed by atoms with van der Waals surface area (Å²) in [4.78, 5) is 23.3. The van der Waals surface area contributed by atoms with Gasteiger partial charge in [0.05, 0.1) is 19.8 Å². The van der Waals surface area contributed by atoms with Crippen molar-refractivity contribution in [3.05, 3.63) is 0 Å². The molecule has 40 heavy (non-hydrogen) atoms. The highest BCUT2D eigenvalue weighted by Crippen LogP contribution is 2.30. The van der Waals surface area contributed by atoms with Crippen LogP contribution in [0.25, 0.3) is 0 Å². The van der Waals surface area contributed by atoms with Gasteiger partial charge in [0, 0.05) is 13.8 Å². The summed E-state index contributed by atoms with van der Waals surface area (Å²) >= 11 is 0. The lowest BCUT2D eigenvalue weighted by atomic mass is 9.95. The van der Waals surface area contributed by atoms with Crippen LogP contribution in [0, 0.1) is 0 Å². The van der Waals surface area contributed by atoms with Crippen LogP contribution >= 0.6 is 0 Å². The molecule has 0 aromatic heterocycles. The number of carbonyl (C=O) groups is 2. The maximum atomic E-state index is 11.7. The third kappa shape index (κ3) is 7.23. The van der Waals surface area contributed by atoms with E-state index in [-0.39, 0.29) is 0 Å². The number of aliphatic hydroxyl groups excluding tert-OH is 9. The van der Waals surface area contributed by atoms with Gasteiger partial charge in [-0.3, -0.25) is 9.59 Å². The number of nitrogens with one attached hydrogen (secondary N) is 2. The van der Waals surface area contributed by atoms with E-state index in [4.69, 9.17) is 23.7 Å². The molecular weight excluding hydrogens is 548 g/mol. The first-order valence-corrected chi connectivity index (χ1v) is 12.6. The summed E-state index contributed by atoms with van der Waals surface area (Å²) in [6, 6.07) is -2.77. The predicted molar refractivity (Wildman–Crippen MR) is 124 cm³/mol. The Labute approximate surface area is 228 Å². The number of rotatable bonds is 9. The minimum absolute atomic E-state index is 0.606. The van der Waals surface area contributed by atoms with Crippen molar-refractivity contribution in [1.82, 2.24) is 10.6 Å². The Morgan fingerprint density at radius 2 is 1.18 bits per heavy atom. The second-order valence-corrected chi connectivity index (χ2v) is 9.85. The maximum absolute atomic E-state index is 11.7. The van der Waals surface area contributed by atoms with Crippen LogP contribution in [0.4, 0.5) is 0 Å². The molecule has 3 saturated heterocycles. The van der Waals surface area contributed by atoms with Crippen molar-refractivity contribution in [2.45, 2.75) is 106 Å². The first-order valence-electron chi connectivity index (χ1n) is 12.6. The summed E-state index contributed by atoms with van der Waals surface area (Å²) in [5.74, 6) is -1.26. The van der Waals surface area contributed by atoms with Crippen LogP contribution in [-0.4, -0.2) is 170 Å². The molecule has 0 spiro atoms. The Balaban J connectivity index is 1.83. The smallest absolute Gasteiger partial charge is 0.217 e. The average molecular weight is 587 g/mol. The number of carbonyl (C=O) groups excluding carboxylic acids is 2. The van der Waals surface area contributed by atoms with Crippen LogP contribution in [0.15, 0.2) is 0 Å². The van der Waals surface area contributed by atoms with Gasteiger partial charge < -0.3 is 80.3 Å². The Morgan fingerprint density at radius 1 is 0.650 bits per heavy atom. The van der Waals surface area contributed by atoms with E-state index in [1.165, 1.54) is 0 Å². The van der Waals surface area contributed by atoms with Gasteiger partial charge in [-0.25, -0.2) is 0 Å². The zero-order chi connectivity index (χ0) is 29.9. The highest BCUT2D eigenvalue weighted by atomic mass is 16.7. The molecule has 3 heterocycles. The Morgan fingerprint density at radius 3 is 1.73 bits per heavy atom. The molecule has 3 rings (SSSR count). The van der Waals surface area contributed by atoms with Crippen molar-refractivity contribution in [3.63, 3.8) is 0 Å². The Hall–Kier alpha value is -1.62. The second-order valence-electron chi connectivity index (χ2n) is 9.85. The van der Waals surface area contributed by atoms with E-state index in [1.807, 2.05) is 0 Å². The monoisotopic (exact) mass is 586 g/mol. The molecule has 3 fully saturated rings. The molecule has 18 nitrogen and oxygen atoms in total. The molecule has 3 aliphatic rings. The first-order chi connectivity index (χ1) is 18.8. The van der Waals surface area contributed by atoms with E-state index >= 15 is 0 Å². The van der Waals surface area contributed by atoms with Gasteiger partial charge in [-0.05, 0) is 0 Å². The molecule has 18 heteroatoms. The van der Waals surface area contributed by atoms with Crippen LogP contribution in [0.2, 0.25) is 0 Å². The van der Waals surface area contributed by atoms with Crippen molar-refractivity contribution in [2.75, 3.05) is 19.8 Å². The lowest BCUT2D eigenvalue weighted by Gasteiger charge is -2.47. The van der Waals surface area contributed by atoms with E-state index in [0.29, 0.717) is 0 Å². The zero-order valence-electron chi connectivity index (χ0n) is 21.7. The SMILES string of the molecule is CC(=O)N[C@@H]1[C@@H](O)[C@@H](O[C@@H]2O[C@H](CO)[C@H](O)[C@H](O)[C@H]2O)[C@@H](CO[C@@H]2O[C@H](CO)[C@@H](O)[C@H](O)[C@H]2NC(C)=O)O[C@H]1O. The number of ether oxygens (including phenoxy) is 5. The molecule has 3 aliphatic heterocycles. The summed E-state index contributed by atoms with van der Waals surface area (Å²) in [7, 11) is 0. The van der Waals surface area contributed by atoms with Crippen LogP contribution < -0.4 is 10.6 Å². The minimum Gasteiger partial charge on any atom is -0.394 e. The molecule has 2 amide bonds. The molecule has 0 aliphatic carbocycles. The predicted octanol–water partition coefficient (Wildman–Crippen LogP) is -7.29. The summed E-state index contributed by atoms with van der Waals surface area (Å²) in [5.41, 5.74) is 0. The second kappa shape index (κ2) is 14.0. The largest absolute Gasteiger partial charge is 0.394 e. The average Bonchev–Trinajstić information content (AvgIpc) is 2.90. The van der Waals surface area contributed by atoms with Crippen LogP contribution in [0.3, 0.4) is 0 Å². The van der Waals surface area contributed by atoms with Crippen LogP contribution in [-0.2, 0) is 33.3 Å². The van der Waals surface area contributed by atoms with Gasteiger partial charge in [-0.2, -0.15) is 0 Å². The number of hydrogen-bond donors (Lipinski definition) is 11. The summed E-state index contributed by atoms with van der Waals surface area (Å²) < 4.78 is 27.6. The molecule has 15 atom stereocenters. The number of amides is 2. The fourth-order valence-electron chi connectivity index (χ4n) is 4.76. The number of aliphatic hydroxyl groups is 9. The molecule has 0 aromatic rings. The van der Waals surface area contributed by atoms with Crippen molar-refractivity contribution >= 4 is 11.8 Å². The molecule has 0 radical (unpaired) electrons. The lowest BCUT2D eigenvalue weighted by molar-refractivity contribution is -0.350. The first kappa shape index (κ1) is 32.9. The van der Waals surface area contributed by atoms with Gasteiger partial charge >= 0.3 is 0 Å². The third-order valence-electron chi connectivity index (χ3n) is 6.88. The summed E-state index contributed by atoms with van der Waals surface area (Å²) in [6.45, 7) is 0.159. The summed E-state index contributed by atoms with van der Waals surface area (Å²) in [6.07, 6.45) is -21.1. The van der Waals surface area contributed by atoms with E-state index in [2.05, 4.69) is 10.6 Å². The number of hydrogen-bond acceptors (Lipinski definition) is 16. The van der Waals surface area contributed by atoms with Crippen molar-refractivity contribution in [1.29, 1.82) is 0 Å². The summed E-state index contributed by atoms with van der Waals surface area (Å²) in [5, 5.41) is 96.3. The van der Waals surface area contributed by atoms with Gasteiger partial charge in [-0.15, -0.1) is 0 Å². The van der Waals surface area contributed by atoms with Gasteiger partial charge in [0.15, 0.2) is 18.9 Å². The fourth-order valence-corrected chi connectivity index (χ4v) is 4.76. The maximum Gasteiger partial charge on any atom is 0.217 e. The topological polar surface area (TPSA) is 286 Å². The molecule has 0 aromatic carbocycles. The molecule has 232 valence electrons. The van der Waals surface area contributed by atoms with Crippen LogP contribution in [0.5, 0.6) is 0 Å². The van der Waals surface area contributed by atoms with Crippen LogP contribution in [0.1, 0.15) is 13.8 Å². The third-order valence-corrected chi connectivity index (χ3v) is 6.88. The van der Waals surface area contributed by atoms with Crippen molar-refractivity contribution < 1.29 is 79.2 Å². The minimum atomic E-state index is -1.87. The molecular formula is C22H38N2O16. The van der Waals surface area contributed by atoms with Crippen molar-refractivity contribution in [2.24, 2.45) is 0 Å². The molecule has 0 bridgehead atoms. The van der Waals surface area contributed by atoms with Gasteiger partial charge in [0.1, 0.15) is 73.1 Å². The zero-order valence-corrected chi connectivity index (χ0v) is 21.7. The highest BCUT2D eigenvalue weighted by molar-refractivity contribution is 5.73. The highest BCUT2D eigenvalue weighted by Gasteiger charge is 2.52. The molecule has 0 saturated carbocycles. The van der Waals surface area contributed by atoms with Gasteiger partial charge in [0.2, 0.25) is 11.8 Å². The van der Waals surface area contributed by atoms with E-state index in [0.717, 1.165) is 13.8 Å².